The lowest BCUT2D eigenvalue weighted by Crippen LogP contribution is -2.70. The zero-order valence-corrected chi connectivity index (χ0v) is 17.5. The molecule has 0 bridgehead atoms. The van der Waals surface area contributed by atoms with E-state index in [0.717, 1.165) is 28.3 Å². The van der Waals surface area contributed by atoms with Crippen molar-refractivity contribution in [3.8, 4) is 5.75 Å². The van der Waals surface area contributed by atoms with Crippen molar-refractivity contribution in [2.24, 2.45) is 0 Å². The second-order valence-corrected chi connectivity index (χ2v) is 9.06. The van der Waals surface area contributed by atoms with Gasteiger partial charge in [0.05, 0.1) is 18.3 Å². The van der Waals surface area contributed by atoms with Crippen LogP contribution in [-0.2, 0) is 10.3 Å². The summed E-state index contributed by atoms with van der Waals surface area (Å²) >= 11 is 8.60. The van der Waals surface area contributed by atoms with Crippen LogP contribution in [-0.4, -0.2) is 18.4 Å². The summed E-state index contributed by atoms with van der Waals surface area (Å²) in [6.07, 6.45) is 0.739. The Hall–Kier alpha value is -2.43. The molecule has 0 radical (unpaired) electrons. The number of halogens is 1. The molecule has 3 atom stereocenters. The summed E-state index contributed by atoms with van der Waals surface area (Å²) in [5, 5.41) is -0.423. The maximum absolute atomic E-state index is 13.0. The van der Waals surface area contributed by atoms with Gasteiger partial charge in [-0.25, -0.2) is 0 Å². The lowest BCUT2D eigenvalue weighted by Gasteiger charge is -2.55. The van der Waals surface area contributed by atoms with E-state index in [1.165, 1.54) is 5.56 Å². The minimum Gasteiger partial charge on any atom is -0.497 e. The van der Waals surface area contributed by atoms with Crippen molar-refractivity contribution < 1.29 is 9.53 Å². The van der Waals surface area contributed by atoms with Gasteiger partial charge in [-0.05, 0) is 41.8 Å². The lowest BCUT2D eigenvalue weighted by atomic mass is 9.72. The Morgan fingerprint density at radius 2 is 1.69 bits per heavy atom. The van der Waals surface area contributed by atoms with Gasteiger partial charge in [0.1, 0.15) is 11.1 Å². The fraction of sp³-hybridized carbons (Fsp3) is 0.208. The molecule has 0 saturated carbocycles. The first-order chi connectivity index (χ1) is 14.1. The number of carbonyl (C=O) groups excluding carboxylic acids is 1. The molecule has 3 nitrogen and oxygen atoms in total. The average Bonchev–Trinajstić information content (AvgIpc) is 2.92. The van der Waals surface area contributed by atoms with E-state index in [1.54, 1.807) is 18.9 Å². The van der Waals surface area contributed by atoms with Gasteiger partial charge in [-0.3, -0.25) is 9.69 Å². The summed E-state index contributed by atoms with van der Waals surface area (Å²) in [7, 11) is 1.65. The second kappa shape index (κ2) is 7.12. The van der Waals surface area contributed by atoms with E-state index in [2.05, 4.69) is 30.3 Å². The van der Waals surface area contributed by atoms with Crippen molar-refractivity contribution in [1.29, 1.82) is 0 Å². The SMILES string of the molecule is COc1ccc([C@@]23C[C@@H](c4ccccc4)Sc4ccccc4N2C(=O)[C@@H]3Cl)cc1. The predicted molar refractivity (Wildman–Crippen MR) is 118 cm³/mol. The maximum atomic E-state index is 13.0. The number of hydrogen-bond donors (Lipinski definition) is 0. The third kappa shape index (κ3) is 2.77. The maximum Gasteiger partial charge on any atom is 0.248 e. The highest BCUT2D eigenvalue weighted by Crippen LogP contribution is 2.60. The lowest BCUT2D eigenvalue weighted by molar-refractivity contribution is -0.127. The molecule has 0 unspecified atom stereocenters. The number of methoxy groups -OCH3 is 1. The van der Waals surface area contributed by atoms with Crippen molar-refractivity contribution in [3.05, 3.63) is 90.0 Å². The first-order valence-corrected chi connectivity index (χ1v) is 10.9. The number of hydrogen-bond acceptors (Lipinski definition) is 3. The Morgan fingerprint density at radius 3 is 2.41 bits per heavy atom. The largest absolute Gasteiger partial charge is 0.497 e. The number of thioether (sulfide) groups is 1. The molecule has 5 heteroatoms. The zero-order valence-electron chi connectivity index (χ0n) is 15.9. The van der Waals surface area contributed by atoms with Crippen LogP contribution in [0.15, 0.2) is 83.8 Å². The summed E-state index contributed by atoms with van der Waals surface area (Å²) in [6.45, 7) is 0. The first kappa shape index (κ1) is 18.6. The Kier molecular flexibility index (Phi) is 4.56. The van der Waals surface area contributed by atoms with Gasteiger partial charge in [-0.1, -0.05) is 54.6 Å². The number of rotatable bonds is 3. The van der Waals surface area contributed by atoms with Crippen molar-refractivity contribution in [2.45, 2.75) is 27.5 Å². The molecule has 3 aromatic rings. The second-order valence-electron chi connectivity index (χ2n) is 7.38. The number of benzene rings is 3. The van der Waals surface area contributed by atoms with Gasteiger partial charge >= 0.3 is 0 Å². The molecule has 1 fully saturated rings. The van der Waals surface area contributed by atoms with Gasteiger partial charge in [0.2, 0.25) is 5.91 Å². The van der Waals surface area contributed by atoms with E-state index in [0.29, 0.717) is 0 Å². The van der Waals surface area contributed by atoms with Gasteiger partial charge in [-0.15, -0.1) is 23.4 Å². The first-order valence-electron chi connectivity index (χ1n) is 9.58. The zero-order chi connectivity index (χ0) is 20.0. The Balaban J connectivity index is 1.70. The van der Waals surface area contributed by atoms with Crippen LogP contribution < -0.4 is 9.64 Å². The summed E-state index contributed by atoms with van der Waals surface area (Å²) in [5.41, 5.74) is 2.63. The molecule has 2 heterocycles. The highest BCUT2D eigenvalue weighted by atomic mass is 35.5. The van der Waals surface area contributed by atoms with Crippen molar-refractivity contribution in [3.63, 3.8) is 0 Å². The highest BCUT2D eigenvalue weighted by molar-refractivity contribution is 7.99. The van der Waals surface area contributed by atoms with E-state index in [4.69, 9.17) is 16.3 Å². The molecule has 1 amide bonds. The fourth-order valence-electron chi connectivity index (χ4n) is 4.44. The van der Waals surface area contributed by atoms with Crippen LogP contribution in [0.4, 0.5) is 5.69 Å². The normalized spacial score (nSPS) is 25.4. The van der Waals surface area contributed by atoms with Gasteiger partial charge < -0.3 is 4.74 Å². The standard InChI is InChI=1S/C24H20ClNO2S/c1-28-18-13-11-17(12-14-18)24-15-21(16-7-3-2-4-8-16)29-20-10-6-5-9-19(20)26(24)23(27)22(24)25/h2-14,21-22H,15H2,1H3/t21-,22-,24+/m0/s1. The topological polar surface area (TPSA) is 29.5 Å². The predicted octanol–water partition coefficient (Wildman–Crippen LogP) is 5.78. The molecular weight excluding hydrogens is 402 g/mol. The summed E-state index contributed by atoms with van der Waals surface area (Å²) in [6, 6.07) is 26.5. The van der Waals surface area contributed by atoms with E-state index in [1.807, 2.05) is 53.4 Å². The van der Waals surface area contributed by atoms with Crippen LogP contribution in [0.2, 0.25) is 0 Å². The van der Waals surface area contributed by atoms with Crippen molar-refractivity contribution >= 4 is 35.0 Å². The molecule has 2 aliphatic rings. The van der Waals surface area contributed by atoms with Gasteiger partial charge in [0.15, 0.2) is 0 Å². The third-order valence-electron chi connectivity index (χ3n) is 5.89. The molecule has 0 aromatic heterocycles. The monoisotopic (exact) mass is 421 g/mol. The van der Waals surface area contributed by atoms with Crippen molar-refractivity contribution in [2.75, 3.05) is 12.0 Å². The molecule has 29 heavy (non-hydrogen) atoms. The quantitative estimate of drug-likeness (QED) is 0.396. The molecule has 0 N–H and O–H groups in total. The summed E-state index contributed by atoms with van der Waals surface area (Å²) in [4.78, 5) is 16.0. The average molecular weight is 422 g/mol. The number of β-lactam (4-membered cyclic amide) rings is 1. The van der Waals surface area contributed by atoms with E-state index in [-0.39, 0.29) is 11.2 Å². The Labute approximate surface area is 179 Å². The molecule has 0 spiro atoms. The van der Waals surface area contributed by atoms with E-state index in [9.17, 15) is 4.79 Å². The molecule has 2 aliphatic heterocycles. The Morgan fingerprint density at radius 1 is 1.00 bits per heavy atom. The van der Waals surface area contributed by atoms with Crippen molar-refractivity contribution in [1.82, 2.24) is 0 Å². The van der Waals surface area contributed by atoms with Crippen LogP contribution in [0.3, 0.4) is 0 Å². The summed E-state index contributed by atoms with van der Waals surface area (Å²) < 4.78 is 5.34. The summed E-state index contributed by atoms with van der Waals surface area (Å²) in [5.74, 6) is 0.751. The number of amides is 1. The van der Waals surface area contributed by atoms with Gasteiger partial charge in [0, 0.05) is 10.1 Å². The molecular formula is C24H20ClNO2S. The highest BCUT2D eigenvalue weighted by Gasteiger charge is 2.63. The number of para-hydroxylation sites is 1. The number of alkyl halides is 1. The number of carbonyl (C=O) groups is 1. The van der Waals surface area contributed by atoms with Crippen LogP contribution in [0.25, 0.3) is 0 Å². The molecule has 5 rings (SSSR count). The van der Waals surface area contributed by atoms with Gasteiger partial charge in [-0.2, -0.15) is 0 Å². The molecule has 1 saturated heterocycles. The molecule has 3 aromatic carbocycles. The van der Waals surface area contributed by atoms with E-state index < -0.39 is 10.9 Å². The number of nitrogens with zero attached hydrogens (tertiary/aromatic N) is 1. The van der Waals surface area contributed by atoms with E-state index >= 15 is 0 Å². The van der Waals surface area contributed by atoms with Crippen LogP contribution >= 0.6 is 23.4 Å². The number of anilines is 1. The molecule has 0 aliphatic carbocycles. The number of fused-ring (bicyclic) bond motifs is 3. The van der Waals surface area contributed by atoms with Crippen LogP contribution in [0, 0.1) is 0 Å². The van der Waals surface area contributed by atoms with Crippen LogP contribution in [0.1, 0.15) is 22.8 Å². The minimum atomic E-state index is -0.603. The van der Waals surface area contributed by atoms with Crippen LogP contribution in [0.5, 0.6) is 5.75 Å². The third-order valence-corrected chi connectivity index (χ3v) is 7.76. The fourth-order valence-corrected chi connectivity index (χ4v) is 6.22. The Bertz CT molecular complexity index is 1060. The minimum absolute atomic E-state index is 0.0377. The molecule has 146 valence electrons. The van der Waals surface area contributed by atoms with Gasteiger partial charge in [0.25, 0.3) is 0 Å². The smallest absolute Gasteiger partial charge is 0.248 e. The number of ether oxygens (including phenoxy) is 1.